The summed E-state index contributed by atoms with van der Waals surface area (Å²) in [7, 11) is 2.12. The van der Waals surface area contributed by atoms with Crippen molar-refractivity contribution < 1.29 is 5.11 Å². The standard InChI is InChI=1S/C16H25NO/c1-3-13-9-10-16(18)14(11-13)12-17(2)15-7-5-4-6-8-15/h4-8,13-14,16,18H,3,9-12H2,1-2H3. The number of anilines is 1. The Morgan fingerprint density at radius 2 is 1.94 bits per heavy atom. The van der Waals surface area contributed by atoms with Crippen molar-refractivity contribution in [2.45, 2.75) is 38.7 Å². The van der Waals surface area contributed by atoms with Gasteiger partial charge in [0.1, 0.15) is 0 Å². The highest BCUT2D eigenvalue weighted by Crippen LogP contribution is 2.32. The number of para-hydroxylation sites is 1. The minimum atomic E-state index is -0.112. The molecule has 0 amide bonds. The molecule has 0 aliphatic heterocycles. The summed E-state index contributed by atoms with van der Waals surface area (Å²) in [6.07, 6.45) is 4.49. The van der Waals surface area contributed by atoms with Gasteiger partial charge in [0.15, 0.2) is 0 Å². The topological polar surface area (TPSA) is 23.5 Å². The average Bonchev–Trinajstić information content (AvgIpc) is 2.42. The molecule has 0 spiro atoms. The van der Waals surface area contributed by atoms with Crippen molar-refractivity contribution in [2.24, 2.45) is 11.8 Å². The fraction of sp³-hybridized carbons (Fsp3) is 0.625. The van der Waals surface area contributed by atoms with E-state index in [0.29, 0.717) is 5.92 Å². The normalized spacial score (nSPS) is 28.1. The van der Waals surface area contributed by atoms with Crippen molar-refractivity contribution in [1.82, 2.24) is 0 Å². The molecule has 1 N–H and O–H groups in total. The molecule has 0 radical (unpaired) electrons. The molecule has 0 aromatic heterocycles. The zero-order chi connectivity index (χ0) is 13.0. The zero-order valence-corrected chi connectivity index (χ0v) is 11.5. The zero-order valence-electron chi connectivity index (χ0n) is 11.5. The van der Waals surface area contributed by atoms with Crippen LogP contribution in [-0.4, -0.2) is 24.8 Å². The van der Waals surface area contributed by atoms with Gasteiger partial charge in [0.05, 0.1) is 6.10 Å². The van der Waals surface area contributed by atoms with Crippen LogP contribution in [-0.2, 0) is 0 Å². The fourth-order valence-corrected chi connectivity index (χ4v) is 3.05. The van der Waals surface area contributed by atoms with Crippen LogP contribution in [0.1, 0.15) is 32.6 Å². The Bertz CT molecular complexity index is 351. The minimum Gasteiger partial charge on any atom is -0.393 e. The fourth-order valence-electron chi connectivity index (χ4n) is 3.05. The van der Waals surface area contributed by atoms with Crippen LogP contribution >= 0.6 is 0 Å². The Balaban J connectivity index is 1.95. The molecule has 1 aromatic rings. The summed E-state index contributed by atoms with van der Waals surface area (Å²) in [5, 5.41) is 10.2. The maximum Gasteiger partial charge on any atom is 0.0585 e. The number of aliphatic hydroxyl groups excluding tert-OH is 1. The van der Waals surface area contributed by atoms with Crippen LogP contribution in [0.15, 0.2) is 30.3 Å². The highest BCUT2D eigenvalue weighted by molar-refractivity contribution is 5.45. The number of hydrogen-bond acceptors (Lipinski definition) is 2. The van der Waals surface area contributed by atoms with Gasteiger partial charge in [-0.2, -0.15) is 0 Å². The molecule has 1 aromatic carbocycles. The monoisotopic (exact) mass is 247 g/mol. The summed E-state index contributed by atoms with van der Waals surface area (Å²) in [5.74, 6) is 1.23. The summed E-state index contributed by atoms with van der Waals surface area (Å²) in [5.41, 5.74) is 1.24. The van der Waals surface area contributed by atoms with Crippen LogP contribution in [0.5, 0.6) is 0 Å². The van der Waals surface area contributed by atoms with Crippen molar-refractivity contribution in [3.63, 3.8) is 0 Å². The van der Waals surface area contributed by atoms with E-state index < -0.39 is 0 Å². The van der Waals surface area contributed by atoms with Crippen molar-refractivity contribution in [1.29, 1.82) is 0 Å². The molecule has 100 valence electrons. The van der Waals surface area contributed by atoms with Crippen LogP contribution in [0.2, 0.25) is 0 Å². The van der Waals surface area contributed by atoms with Gasteiger partial charge in [0.2, 0.25) is 0 Å². The molecule has 0 saturated heterocycles. The number of hydrogen-bond donors (Lipinski definition) is 1. The van der Waals surface area contributed by atoms with Crippen molar-refractivity contribution in [3.8, 4) is 0 Å². The highest BCUT2D eigenvalue weighted by atomic mass is 16.3. The van der Waals surface area contributed by atoms with E-state index in [4.69, 9.17) is 0 Å². The van der Waals surface area contributed by atoms with Gasteiger partial charge in [-0.1, -0.05) is 31.5 Å². The molecule has 1 aliphatic carbocycles. The molecule has 3 atom stereocenters. The van der Waals surface area contributed by atoms with Crippen molar-refractivity contribution in [2.75, 3.05) is 18.5 Å². The first-order valence-corrected chi connectivity index (χ1v) is 7.15. The number of aliphatic hydroxyl groups is 1. The van der Waals surface area contributed by atoms with E-state index in [1.807, 2.05) is 6.07 Å². The van der Waals surface area contributed by atoms with E-state index in [2.05, 4.69) is 43.1 Å². The van der Waals surface area contributed by atoms with Crippen LogP contribution in [0.3, 0.4) is 0 Å². The Hall–Kier alpha value is -1.02. The van der Waals surface area contributed by atoms with E-state index >= 15 is 0 Å². The first-order valence-electron chi connectivity index (χ1n) is 7.15. The number of benzene rings is 1. The van der Waals surface area contributed by atoms with Crippen LogP contribution in [0.4, 0.5) is 5.69 Å². The van der Waals surface area contributed by atoms with Crippen molar-refractivity contribution >= 4 is 5.69 Å². The van der Waals surface area contributed by atoms with E-state index in [-0.39, 0.29) is 6.10 Å². The predicted molar refractivity (Wildman–Crippen MR) is 76.8 cm³/mol. The van der Waals surface area contributed by atoms with E-state index in [9.17, 15) is 5.11 Å². The average molecular weight is 247 g/mol. The SMILES string of the molecule is CCC1CCC(O)C(CN(C)c2ccccc2)C1. The van der Waals surface area contributed by atoms with Gasteiger partial charge in [0.25, 0.3) is 0 Å². The Labute approximate surface area is 111 Å². The first-order chi connectivity index (χ1) is 8.70. The second-order valence-electron chi connectivity index (χ2n) is 5.63. The summed E-state index contributed by atoms with van der Waals surface area (Å²) in [4.78, 5) is 2.27. The Kier molecular flexibility index (Phi) is 4.65. The number of rotatable bonds is 4. The lowest BCUT2D eigenvalue weighted by Crippen LogP contribution is -2.37. The van der Waals surface area contributed by atoms with Gasteiger partial charge in [-0.25, -0.2) is 0 Å². The second-order valence-corrected chi connectivity index (χ2v) is 5.63. The molecule has 2 rings (SSSR count). The van der Waals surface area contributed by atoms with Gasteiger partial charge in [-0.15, -0.1) is 0 Å². The van der Waals surface area contributed by atoms with Crippen LogP contribution in [0.25, 0.3) is 0 Å². The molecule has 2 heteroatoms. The van der Waals surface area contributed by atoms with E-state index in [0.717, 1.165) is 18.9 Å². The van der Waals surface area contributed by atoms with E-state index in [1.165, 1.54) is 24.9 Å². The lowest BCUT2D eigenvalue weighted by Gasteiger charge is -2.36. The third-order valence-corrected chi connectivity index (χ3v) is 4.33. The summed E-state index contributed by atoms with van der Waals surface area (Å²) < 4.78 is 0. The maximum atomic E-state index is 10.2. The molecule has 2 nitrogen and oxygen atoms in total. The van der Waals surface area contributed by atoms with Gasteiger partial charge in [-0.05, 0) is 37.3 Å². The van der Waals surface area contributed by atoms with Gasteiger partial charge < -0.3 is 10.0 Å². The first kappa shape index (κ1) is 13.4. The third-order valence-electron chi connectivity index (χ3n) is 4.33. The molecular weight excluding hydrogens is 222 g/mol. The lowest BCUT2D eigenvalue weighted by atomic mass is 9.78. The minimum absolute atomic E-state index is 0.112. The Morgan fingerprint density at radius 1 is 1.22 bits per heavy atom. The summed E-state index contributed by atoms with van der Waals surface area (Å²) >= 11 is 0. The molecule has 0 heterocycles. The molecule has 1 aliphatic rings. The molecule has 18 heavy (non-hydrogen) atoms. The summed E-state index contributed by atoms with van der Waals surface area (Å²) in [6, 6.07) is 10.4. The maximum absolute atomic E-state index is 10.2. The van der Waals surface area contributed by atoms with Crippen LogP contribution in [0, 0.1) is 11.8 Å². The number of nitrogens with zero attached hydrogens (tertiary/aromatic N) is 1. The van der Waals surface area contributed by atoms with Gasteiger partial charge in [-0.3, -0.25) is 0 Å². The Morgan fingerprint density at radius 3 is 2.61 bits per heavy atom. The smallest absolute Gasteiger partial charge is 0.0585 e. The third kappa shape index (κ3) is 3.26. The van der Waals surface area contributed by atoms with E-state index in [1.54, 1.807) is 0 Å². The molecule has 0 bridgehead atoms. The van der Waals surface area contributed by atoms with Crippen LogP contribution < -0.4 is 4.90 Å². The lowest BCUT2D eigenvalue weighted by molar-refractivity contribution is 0.0511. The van der Waals surface area contributed by atoms with Crippen molar-refractivity contribution in [3.05, 3.63) is 30.3 Å². The van der Waals surface area contributed by atoms with Gasteiger partial charge >= 0.3 is 0 Å². The van der Waals surface area contributed by atoms with Gasteiger partial charge in [0, 0.05) is 25.2 Å². The highest BCUT2D eigenvalue weighted by Gasteiger charge is 2.29. The molecule has 3 unspecified atom stereocenters. The molecule has 1 saturated carbocycles. The predicted octanol–water partition coefficient (Wildman–Crippen LogP) is 3.31. The molecule has 1 fully saturated rings. The largest absolute Gasteiger partial charge is 0.393 e. The second kappa shape index (κ2) is 6.24. The summed E-state index contributed by atoms with van der Waals surface area (Å²) in [6.45, 7) is 3.22. The quantitative estimate of drug-likeness (QED) is 0.882. The molecular formula is C16H25NO.